The van der Waals surface area contributed by atoms with Crippen LogP contribution in [0.5, 0.6) is 5.75 Å². The summed E-state index contributed by atoms with van der Waals surface area (Å²) in [6.07, 6.45) is 0.414. The summed E-state index contributed by atoms with van der Waals surface area (Å²) in [6.45, 7) is 6.91. The van der Waals surface area contributed by atoms with E-state index in [2.05, 4.69) is 38.1 Å². The van der Waals surface area contributed by atoms with Crippen LogP contribution in [0.3, 0.4) is 0 Å². The van der Waals surface area contributed by atoms with E-state index in [0.717, 1.165) is 5.75 Å². The van der Waals surface area contributed by atoms with Gasteiger partial charge in [-0.25, -0.2) is 0 Å². The van der Waals surface area contributed by atoms with Gasteiger partial charge in [0.2, 0.25) is 0 Å². The molecule has 17 heavy (non-hydrogen) atoms. The van der Waals surface area contributed by atoms with E-state index in [1.807, 2.05) is 12.1 Å². The zero-order valence-electron chi connectivity index (χ0n) is 10.6. The molecule has 0 amide bonds. The maximum Gasteiger partial charge on any atom is 0.142 e. The summed E-state index contributed by atoms with van der Waals surface area (Å²) in [7, 11) is 0. The van der Waals surface area contributed by atoms with E-state index >= 15 is 0 Å². The second-order valence-corrected chi connectivity index (χ2v) is 4.96. The quantitative estimate of drug-likeness (QED) is 0.365. The van der Waals surface area contributed by atoms with Gasteiger partial charge in [-0.15, -0.1) is 0 Å². The molecule has 0 unspecified atom stereocenters. The lowest BCUT2D eigenvalue weighted by Gasteiger charge is -2.19. The third kappa shape index (κ3) is 4.34. The summed E-state index contributed by atoms with van der Waals surface area (Å²) in [5.41, 5.74) is 6.75. The van der Waals surface area contributed by atoms with E-state index in [0.29, 0.717) is 13.0 Å². The number of hydrogen-bond acceptors (Lipinski definition) is 3. The molecule has 0 radical (unpaired) electrons. The van der Waals surface area contributed by atoms with Crippen molar-refractivity contribution in [2.75, 3.05) is 6.61 Å². The first-order chi connectivity index (χ1) is 7.93. The molecule has 0 aliphatic carbocycles. The van der Waals surface area contributed by atoms with Crippen molar-refractivity contribution in [3.05, 3.63) is 29.8 Å². The SMILES string of the molecule is CC(C)(C)c1ccc(OCC/C(N)=N/O)cc1. The minimum absolute atomic E-state index is 0.145. The fourth-order valence-electron chi connectivity index (χ4n) is 1.37. The van der Waals surface area contributed by atoms with E-state index in [4.69, 9.17) is 15.7 Å². The zero-order valence-corrected chi connectivity index (χ0v) is 10.6. The lowest BCUT2D eigenvalue weighted by molar-refractivity contribution is 0.305. The number of ether oxygens (including phenoxy) is 1. The topological polar surface area (TPSA) is 67.8 Å². The van der Waals surface area contributed by atoms with Gasteiger partial charge in [0, 0.05) is 6.42 Å². The molecule has 0 spiro atoms. The van der Waals surface area contributed by atoms with E-state index in [1.165, 1.54) is 5.56 Å². The summed E-state index contributed by atoms with van der Waals surface area (Å²) < 4.78 is 5.47. The zero-order chi connectivity index (χ0) is 12.9. The third-order valence-electron chi connectivity index (χ3n) is 2.48. The highest BCUT2D eigenvalue weighted by Gasteiger charge is 2.12. The Morgan fingerprint density at radius 1 is 1.29 bits per heavy atom. The van der Waals surface area contributed by atoms with Gasteiger partial charge in [-0.05, 0) is 23.1 Å². The highest BCUT2D eigenvalue weighted by molar-refractivity contribution is 5.79. The Kier molecular flexibility index (Phi) is 4.37. The molecular weight excluding hydrogens is 216 g/mol. The van der Waals surface area contributed by atoms with E-state index in [1.54, 1.807) is 0 Å². The van der Waals surface area contributed by atoms with Crippen LogP contribution in [0.15, 0.2) is 29.4 Å². The van der Waals surface area contributed by atoms with Crippen LogP contribution in [0.2, 0.25) is 0 Å². The van der Waals surface area contributed by atoms with Gasteiger partial charge in [0.1, 0.15) is 11.6 Å². The summed E-state index contributed by atoms with van der Waals surface area (Å²) in [4.78, 5) is 0. The smallest absolute Gasteiger partial charge is 0.142 e. The van der Waals surface area contributed by atoms with Crippen molar-refractivity contribution in [1.82, 2.24) is 0 Å². The predicted octanol–water partition coefficient (Wildman–Crippen LogP) is 2.50. The number of oxime groups is 1. The first kappa shape index (κ1) is 13.4. The van der Waals surface area contributed by atoms with E-state index in [-0.39, 0.29) is 11.3 Å². The Balaban J connectivity index is 2.52. The molecule has 0 saturated heterocycles. The van der Waals surface area contributed by atoms with Crippen LogP contribution in [-0.2, 0) is 5.41 Å². The predicted molar refractivity (Wildman–Crippen MR) is 68.7 cm³/mol. The number of hydrogen-bond donors (Lipinski definition) is 2. The van der Waals surface area contributed by atoms with Gasteiger partial charge in [-0.2, -0.15) is 0 Å². The average Bonchev–Trinajstić information content (AvgIpc) is 2.28. The molecule has 0 saturated carbocycles. The lowest BCUT2D eigenvalue weighted by atomic mass is 9.87. The Morgan fingerprint density at radius 3 is 2.35 bits per heavy atom. The van der Waals surface area contributed by atoms with E-state index < -0.39 is 0 Å². The van der Waals surface area contributed by atoms with Gasteiger partial charge < -0.3 is 15.7 Å². The summed E-state index contributed by atoms with van der Waals surface area (Å²) in [6, 6.07) is 7.98. The van der Waals surface area contributed by atoms with Crippen molar-refractivity contribution in [1.29, 1.82) is 0 Å². The molecule has 94 valence electrons. The number of rotatable bonds is 4. The van der Waals surface area contributed by atoms with Gasteiger partial charge in [0.15, 0.2) is 0 Å². The highest BCUT2D eigenvalue weighted by Crippen LogP contribution is 2.24. The molecule has 1 aromatic rings. The number of amidine groups is 1. The molecule has 3 N–H and O–H groups in total. The molecule has 0 fully saturated rings. The van der Waals surface area contributed by atoms with Crippen LogP contribution in [0.4, 0.5) is 0 Å². The Hall–Kier alpha value is -1.71. The summed E-state index contributed by atoms with van der Waals surface area (Å²) in [5, 5.41) is 11.2. The van der Waals surface area contributed by atoms with Crippen LogP contribution in [0.1, 0.15) is 32.8 Å². The van der Waals surface area contributed by atoms with Gasteiger partial charge in [-0.3, -0.25) is 0 Å². The van der Waals surface area contributed by atoms with Crippen LogP contribution in [0.25, 0.3) is 0 Å². The van der Waals surface area contributed by atoms with E-state index in [9.17, 15) is 0 Å². The Morgan fingerprint density at radius 2 is 1.88 bits per heavy atom. The molecule has 4 nitrogen and oxygen atoms in total. The first-order valence-corrected chi connectivity index (χ1v) is 5.63. The molecule has 0 heterocycles. The van der Waals surface area contributed by atoms with Crippen molar-refractivity contribution < 1.29 is 9.94 Å². The number of benzene rings is 1. The minimum atomic E-state index is 0.145. The van der Waals surface area contributed by atoms with Crippen molar-refractivity contribution in [2.45, 2.75) is 32.6 Å². The second-order valence-electron chi connectivity index (χ2n) is 4.96. The molecule has 0 atom stereocenters. The van der Waals surface area contributed by atoms with Crippen LogP contribution in [0, 0.1) is 0 Å². The monoisotopic (exact) mass is 236 g/mol. The lowest BCUT2D eigenvalue weighted by Crippen LogP contribution is -2.15. The van der Waals surface area contributed by atoms with Crippen molar-refractivity contribution in [2.24, 2.45) is 10.9 Å². The molecule has 4 heteroatoms. The molecule has 1 rings (SSSR count). The number of nitrogens with two attached hydrogens (primary N) is 1. The second kappa shape index (κ2) is 5.57. The fraction of sp³-hybridized carbons (Fsp3) is 0.462. The van der Waals surface area contributed by atoms with Gasteiger partial charge >= 0.3 is 0 Å². The maximum atomic E-state index is 8.37. The highest BCUT2D eigenvalue weighted by atomic mass is 16.5. The number of nitrogens with zero attached hydrogens (tertiary/aromatic N) is 1. The van der Waals surface area contributed by atoms with Crippen LogP contribution in [-0.4, -0.2) is 17.6 Å². The Bertz CT molecular complexity index is 377. The summed E-state index contributed by atoms with van der Waals surface area (Å²) in [5.74, 6) is 0.972. The Labute approximate surface area is 102 Å². The van der Waals surface area contributed by atoms with Gasteiger partial charge in [-0.1, -0.05) is 38.1 Å². The first-order valence-electron chi connectivity index (χ1n) is 5.63. The largest absolute Gasteiger partial charge is 0.493 e. The third-order valence-corrected chi connectivity index (χ3v) is 2.48. The minimum Gasteiger partial charge on any atom is -0.493 e. The maximum absolute atomic E-state index is 8.37. The molecule has 0 aliphatic rings. The van der Waals surface area contributed by atoms with Crippen molar-refractivity contribution in [3.8, 4) is 5.75 Å². The van der Waals surface area contributed by atoms with Crippen LogP contribution < -0.4 is 10.5 Å². The molecule has 1 aromatic carbocycles. The molecular formula is C13H20N2O2. The van der Waals surface area contributed by atoms with Crippen molar-refractivity contribution >= 4 is 5.84 Å². The van der Waals surface area contributed by atoms with Gasteiger partial charge in [0.05, 0.1) is 6.61 Å². The average molecular weight is 236 g/mol. The van der Waals surface area contributed by atoms with Crippen LogP contribution >= 0.6 is 0 Å². The van der Waals surface area contributed by atoms with Crippen molar-refractivity contribution in [3.63, 3.8) is 0 Å². The van der Waals surface area contributed by atoms with Gasteiger partial charge in [0.25, 0.3) is 0 Å². The molecule has 0 aliphatic heterocycles. The normalized spacial score (nSPS) is 12.5. The summed E-state index contributed by atoms with van der Waals surface area (Å²) >= 11 is 0. The molecule has 0 bridgehead atoms. The fourth-order valence-corrected chi connectivity index (χ4v) is 1.37. The standard InChI is InChI=1S/C13H20N2O2/c1-13(2,3)10-4-6-11(7-5-10)17-9-8-12(14)15-16/h4-7,16H,8-9H2,1-3H3,(H2,14,15). The molecule has 0 aromatic heterocycles.